The maximum Gasteiger partial charge on any atom is 0.270 e. The van der Waals surface area contributed by atoms with E-state index in [2.05, 4.69) is 15.3 Å². The van der Waals surface area contributed by atoms with E-state index in [1.807, 2.05) is 19.1 Å². The van der Waals surface area contributed by atoms with Gasteiger partial charge in [0.1, 0.15) is 11.3 Å². The number of halogens is 1. The molecule has 1 amide bonds. The highest BCUT2D eigenvalue weighted by Crippen LogP contribution is 2.17. The van der Waals surface area contributed by atoms with Crippen molar-refractivity contribution in [3.05, 3.63) is 64.8 Å². The summed E-state index contributed by atoms with van der Waals surface area (Å²) in [6.45, 7) is 2.42. The number of nitrogens with one attached hydrogen (secondary N) is 1. The fraction of sp³-hybridized carbons (Fsp3) is 0.188. The molecule has 0 aromatic carbocycles. The number of pyridine rings is 2. The SMILES string of the molecule is CCc1nc2ccc(Cl)cn2c1C(=O)NCc1ccncc1. The third-order valence-corrected chi connectivity index (χ3v) is 3.63. The smallest absolute Gasteiger partial charge is 0.270 e. The van der Waals surface area contributed by atoms with Crippen LogP contribution in [-0.2, 0) is 13.0 Å². The number of carbonyl (C=O) groups is 1. The quantitative estimate of drug-likeness (QED) is 0.805. The number of aromatic nitrogens is 3. The van der Waals surface area contributed by atoms with Crippen LogP contribution in [0.25, 0.3) is 5.65 Å². The molecule has 0 fully saturated rings. The fourth-order valence-corrected chi connectivity index (χ4v) is 2.48. The molecule has 3 aromatic rings. The topological polar surface area (TPSA) is 59.3 Å². The number of rotatable bonds is 4. The molecule has 112 valence electrons. The molecule has 3 rings (SSSR count). The molecule has 0 aliphatic carbocycles. The number of fused-ring (bicyclic) bond motifs is 1. The van der Waals surface area contributed by atoms with E-state index in [-0.39, 0.29) is 5.91 Å². The molecule has 0 aliphatic rings. The first-order chi connectivity index (χ1) is 10.7. The lowest BCUT2D eigenvalue weighted by Crippen LogP contribution is -2.25. The van der Waals surface area contributed by atoms with Gasteiger partial charge in [-0.25, -0.2) is 4.98 Å². The minimum atomic E-state index is -0.163. The molecule has 3 heterocycles. The van der Waals surface area contributed by atoms with Crippen LogP contribution in [0.1, 0.15) is 28.7 Å². The van der Waals surface area contributed by atoms with E-state index in [0.717, 1.165) is 16.9 Å². The molecule has 5 nitrogen and oxygen atoms in total. The molecule has 0 radical (unpaired) electrons. The lowest BCUT2D eigenvalue weighted by atomic mass is 10.2. The standard InChI is InChI=1S/C16H15ClN4O/c1-2-13-15(21-10-12(17)3-4-14(21)20-13)16(22)19-9-11-5-7-18-8-6-11/h3-8,10H,2,9H2,1H3,(H,19,22). The van der Waals surface area contributed by atoms with E-state index >= 15 is 0 Å². The monoisotopic (exact) mass is 314 g/mol. The van der Waals surface area contributed by atoms with Crippen LogP contribution in [-0.4, -0.2) is 20.3 Å². The second kappa shape index (κ2) is 6.15. The van der Waals surface area contributed by atoms with Crippen LogP contribution < -0.4 is 5.32 Å². The number of hydrogen-bond acceptors (Lipinski definition) is 3. The number of imidazole rings is 1. The molecule has 0 saturated carbocycles. The number of carbonyl (C=O) groups excluding carboxylic acids is 1. The highest BCUT2D eigenvalue weighted by Gasteiger charge is 2.18. The average Bonchev–Trinajstić information content (AvgIpc) is 2.91. The van der Waals surface area contributed by atoms with E-state index in [4.69, 9.17) is 11.6 Å². The Morgan fingerprint density at radius 2 is 2.05 bits per heavy atom. The van der Waals surface area contributed by atoms with Crippen molar-refractivity contribution in [3.8, 4) is 0 Å². The van der Waals surface area contributed by atoms with Crippen LogP contribution in [0, 0.1) is 0 Å². The van der Waals surface area contributed by atoms with Gasteiger partial charge in [-0.15, -0.1) is 0 Å². The Bertz CT molecular complexity index is 814. The predicted molar refractivity (Wildman–Crippen MR) is 85.0 cm³/mol. The van der Waals surface area contributed by atoms with Crippen molar-refractivity contribution in [2.45, 2.75) is 19.9 Å². The van der Waals surface area contributed by atoms with Gasteiger partial charge in [0.2, 0.25) is 0 Å². The molecule has 0 unspecified atom stereocenters. The first-order valence-corrected chi connectivity index (χ1v) is 7.40. The maximum atomic E-state index is 12.6. The minimum Gasteiger partial charge on any atom is -0.347 e. The Morgan fingerprint density at radius 3 is 2.77 bits per heavy atom. The van der Waals surface area contributed by atoms with Gasteiger partial charge in [0.05, 0.1) is 10.7 Å². The largest absolute Gasteiger partial charge is 0.347 e. The number of hydrogen-bond donors (Lipinski definition) is 1. The van der Waals surface area contributed by atoms with E-state index in [1.54, 1.807) is 35.1 Å². The van der Waals surface area contributed by atoms with Crippen molar-refractivity contribution in [3.63, 3.8) is 0 Å². The molecule has 1 N–H and O–H groups in total. The molecular formula is C16H15ClN4O. The third-order valence-electron chi connectivity index (χ3n) is 3.41. The molecule has 3 aromatic heterocycles. The predicted octanol–water partition coefficient (Wildman–Crippen LogP) is 2.88. The Labute approximate surface area is 133 Å². The summed E-state index contributed by atoms with van der Waals surface area (Å²) < 4.78 is 1.74. The lowest BCUT2D eigenvalue weighted by molar-refractivity contribution is 0.0944. The summed E-state index contributed by atoms with van der Waals surface area (Å²) >= 11 is 6.03. The number of amides is 1. The zero-order valence-electron chi connectivity index (χ0n) is 12.1. The van der Waals surface area contributed by atoms with Crippen LogP contribution in [0.5, 0.6) is 0 Å². The van der Waals surface area contributed by atoms with Gasteiger partial charge in [0, 0.05) is 25.1 Å². The summed E-state index contributed by atoms with van der Waals surface area (Å²) in [7, 11) is 0. The molecule has 0 spiro atoms. The van der Waals surface area contributed by atoms with Crippen LogP contribution in [0.15, 0.2) is 42.9 Å². The average molecular weight is 315 g/mol. The Kier molecular flexibility index (Phi) is 4.06. The molecule has 6 heteroatoms. The van der Waals surface area contributed by atoms with Gasteiger partial charge in [0.15, 0.2) is 0 Å². The van der Waals surface area contributed by atoms with Gasteiger partial charge in [-0.1, -0.05) is 18.5 Å². The Hall–Kier alpha value is -2.40. The van der Waals surface area contributed by atoms with E-state index in [1.165, 1.54) is 0 Å². The summed E-state index contributed by atoms with van der Waals surface area (Å²) in [5, 5.41) is 3.48. The van der Waals surface area contributed by atoms with E-state index in [0.29, 0.717) is 23.7 Å². The first kappa shape index (κ1) is 14.5. The Balaban J connectivity index is 1.91. The normalized spacial score (nSPS) is 10.8. The van der Waals surface area contributed by atoms with E-state index in [9.17, 15) is 4.79 Å². The Morgan fingerprint density at radius 1 is 1.27 bits per heavy atom. The van der Waals surface area contributed by atoms with Crippen LogP contribution in [0.2, 0.25) is 5.02 Å². The molecule has 22 heavy (non-hydrogen) atoms. The summed E-state index contributed by atoms with van der Waals surface area (Å²) in [5.41, 5.74) is 3.01. The van der Waals surface area contributed by atoms with E-state index < -0.39 is 0 Å². The second-order valence-corrected chi connectivity index (χ2v) is 5.31. The molecule has 0 atom stereocenters. The second-order valence-electron chi connectivity index (χ2n) is 4.87. The molecule has 0 aliphatic heterocycles. The van der Waals surface area contributed by atoms with Crippen LogP contribution in [0.3, 0.4) is 0 Å². The van der Waals surface area contributed by atoms with Crippen molar-refractivity contribution in [2.24, 2.45) is 0 Å². The molecular weight excluding hydrogens is 300 g/mol. The number of aryl methyl sites for hydroxylation is 1. The van der Waals surface area contributed by atoms with Gasteiger partial charge >= 0.3 is 0 Å². The zero-order valence-corrected chi connectivity index (χ0v) is 12.8. The van der Waals surface area contributed by atoms with Crippen LogP contribution >= 0.6 is 11.6 Å². The van der Waals surface area contributed by atoms with Gasteiger partial charge in [-0.2, -0.15) is 0 Å². The summed E-state index contributed by atoms with van der Waals surface area (Å²) in [6.07, 6.45) is 5.79. The van der Waals surface area contributed by atoms with Crippen molar-refractivity contribution >= 4 is 23.2 Å². The van der Waals surface area contributed by atoms with Gasteiger partial charge in [-0.05, 0) is 36.2 Å². The fourth-order valence-electron chi connectivity index (χ4n) is 2.32. The van der Waals surface area contributed by atoms with Gasteiger partial charge in [-0.3, -0.25) is 14.2 Å². The molecule has 0 saturated heterocycles. The highest BCUT2D eigenvalue weighted by atomic mass is 35.5. The van der Waals surface area contributed by atoms with Gasteiger partial charge < -0.3 is 5.32 Å². The van der Waals surface area contributed by atoms with Crippen molar-refractivity contribution in [1.29, 1.82) is 0 Å². The summed E-state index contributed by atoms with van der Waals surface area (Å²) in [5.74, 6) is -0.163. The molecule has 0 bridgehead atoms. The number of nitrogens with zero attached hydrogens (tertiary/aromatic N) is 3. The maximum absolute atomic E-state index is 12.6. The van der Waals surface area contributed by atoms with Crippen molar-refractivity contribution < 1.29 is 4.79 Å². The third kappa shape index (κ3) is 2.80. The minimum absolute atomic E-state index is 0.163. The highest BCUT2D eigenvalue weighted by molar-refractivity contribution is 6.30. The first-order valence-electron chi connectivity index (χ1n) is 7.02. The summed E-state index contributed by atoms with van der Waals surface area (Å²) in [6, 6.07) is 7.31. The van der Waals surface area contributed by atoms with Gasteiger partial charge in [0.25, 0.3) is 5.91 Å². The summed E-state index contributed by atoms with van der Waals surface area (Å²) in [4.78, 5) is 21.0. The van der Waals surface area contributed by atoms with Crippen molar-refractivity contribution in [1.82, 2.24) is 19.7 Å². The van der Waals surface area contributed by atoms with Crippen molar-refractivity contribution in [2.75, 3.05) is 0 Å². The van der Waals surface area contributed by atoms with Crippen LogP contribution in [0.4, 0.5) is 0 Å². The lowest BCUT2D eigenvalue weighted by Gasteiger charge is -2.07. The zero-order chi connectivity index (χ0) is 15.5.